The van der Waals surface area contributed by atoms with Gasteiger partial charge in [-0.1, -0.05) is 0 Å². The fourth-order valence-corrected chi connectivity index (χ4v) is 6.59. The van der Waals surface area contributed by atoms with Crippen molar-refractivity contribution in [2.45, 2.75) is 51.8 Å². The van der Waals surface area contributed by atoms with Crippen molar-refractivity contribution in [2.75, 3.05) is 37.4 Å². The Morgan fingerprint density at radius 1 is 1.21 bits per heavy atom. The quantitative estimate of drug-likeness (QED) is 0.318. The van der Waals surface area contributed by atoms with Crippen molar-refractivity contribution in [1.82, 2.24) is 19.9 Å². The van der Waals surface area contributed by atoms with E-state index in [4.69, 9.17) is 9.47 Å². The van der Waals surface area contributed by atoms with E-state index in [0.29, 0.717) is 23.1 Å². The molecule has 1 saturated heterocycles. The first-order chi connectivity index (χ1) is 20.4. The fourth-order valence-electron chi connectivity index (χ4n) is 5.55. The third kappa shape index (κ3) is 5.01. The molecule has 2 atom stereocenters. The van der Waals surface area contributed by atoms with Gasteiger partial charge in [0.2, 0.25) is 5.95 Å². The number of nitrogens with zero attached hydrogens (tertiary/aromatic N) is 6. The molecule has 14 heteroatoms. The summed E-state index contributed by atoms with van der Waals surface area (Å²) in [5.41, 5.74) is 0.251. The van der Waals surface area contributed by atoms with Gasteiger partial charge < -0.3 is 19.3 Å². The van der Waals surface area contributed by atoms with Gasteiger partial charge in [0, 0.05) is 29.1 Å². The van der Waals surface area contributed by atoms with Crippen LogP contribution in [0.3, 0.4) is 0 Å². The van der Waals surface area contributed by atoms with Crippen LogP contribution in [0.5, 0.6) is 0 Å². The average Bonchev–Trinajstić information content (AvgIpc) is 3.66. The van der Waals surface area contributed by atoms with Gasteiger partial charge in [-0.25, -0.2) is 27.9 Å². The number of hydrogen-bond donors (Lipinski definition) is 1. The summed E-state index contributed by atoms with van der Waals surface area (Å²) in [5.74, 6) is -1.31. The first-order valence-electron chi connectivity index (χ1n) is 13.5. The monoisotopic (exact) mass is 611 g/mol. The molecule has 2 aliphatic rings. The lowest BCUT2D eigenvalue weighted by molar-refractivity contribution is 0.0636. The minimum Gasteiger partial charge on any atom is -0.444 e. The molecule has 0 aliphatic carbocycles. The number of aromatic nitrogens is 3. The summed E-state index contributed by atoms with van der Waals surface area (Å²) in [6.07, 6.45) is 0.508. The molecule has 0 radical (unpaired) electrons. The van der Waals surface area contributed by atoms with Crippen molar-refractivity contribution >= 4 is 49.4 Å². The number of alkyl halides is 1. The molecule has 1 N–H and O–H groups in total. The van der Waals surface area contributed by atoms with Crippen LogP contribution in [-0.2, 0) is 22.7 Å². The lowest BCUT2D eigenvalue weighted by atomic mass is 9.94. The Kier molecular flexibility index (Phi) is 7.15. The third-order valence-electron chi connectivity index (χ3n) is 7.49. The van der Waals surface area contributed by atoms with Gasteiger partial charge in [0.25, 0.3) is 0 Å². The van der Waals surface area contributed by atoms with Crippen molar-refractivity contribution in [3.05, 3.63) is 40.7 Å². The third-order valence-corrected chi connectivity index (χ3v) is 8.60. The topological polar surface area (TPSA) is 116 Å². The molecular weight excluding hydrogens is 583 g/mol. The number of hydrogen-bond acceptors (Lipinski definition) is 10. The molecule has 0 bridgehead atoms. The van der Waals surface area contributed by atoms with Crippen molar-refractivity contribution in [1.29, 1.82) is 5.26 Å². The van der Waals surface area contributed by atoms with Crippen LogP contribution in [0.15, 0.2) is 12.4 Å². The highest BCUT2D eigenvalue weighted by molar-refractivity contribution is 7.23. The van der Waals surface area contributed by atoms with E-state index < -0.39 is 29.5 Å². The molecule has 10 nitrogen and oxygen atoms in total. The van der Waals surface area contributed by atoms with Gasteiger partial charge in [0.05, 0.1) is 48.0 Å². The molecule has 5 heterocycles. The molecule has 0 unspecified atom stereocenters. The summed E-state index contributed by atoms with van der Waals surface area (Å²) in [4.78, 5) is 29.2. The van der Waals surface area contributed by atoms with E-state index in [1.54, 1.807) is 44.7 Å². The zero-order chi connectivity index (χ0) is 30.8. The maximum absolute atomic E-state index is 16.7. The highest BCUT2D eigenvalue weighted by Gasteiger charge is 2.36. The zero-order valence-corrected chi connectivity index (χ0v) is 24.9. The molecule has 1 amide bonds. The Labute approximate surface area is 249 Å². The number of carbonyl (C=O) groups excluding carboxylic acids is 1. The summed E-state index contributed by atoms with van der Waals surface area (Å²) in [7, 11) is 3.59. The SMILES string of the molecule is CN(C)[C@@H]1CN(c2ncc3c4c(c(-c5ncc(F)c6sc(NC(=O)OC(C)(C)C)c(C#N)c56)c(F)c3n2)COC4)C[C@@H]1F. The van der Waals surface area contributed by atoms with Crippen LogP contribution in [0.1, 0.15) is 37.5 Å². The molecule has 224 valence electrons. The van der Waals surface area contributed by atoms with E-state index in [1.807, 2.05) is 6.07 Å². The zero-order valence-electron chi connectivity index (χ0n) is 24.1. The van der Waals surface area contributed by atoms with E-state index in [9.17, 15) is 14.4 Å². The van der Waals surface area contributed by atoms with Gasteiger partial charge in [0.1, 0.15) is 28.4 Å². The Morgan fingerprint density at radius 3 is 2.63 bits per heavy atom. The molecular formula is C29H28F3N7O3S. The number of ether oxygens (including phenoxy) is 2. The Hall–Kier alpha value is -4.06. The maximum atomic E-state index is 16.7. The summed E-state index contributed by atoms with van der Waals surface area (Å²) < 4.78 is 57.5. The van der Waals surface area contributed by atoms with Crippen LogP contribution in [0.4, 0.5) is 28.9 Å². The smallest absolute Gasteiger partial charge is 0.412 e. The molecule has 1 fully saturated rings. The molecule has 3 aromatic heterocycles. The van der Waals surface area contributed by atoms with Crippen molar-refractivity contribution in [2.24, 2.45) is 0 Å². The molecule has 1 aromatic carbocycles. The van der Waals surface area contributed by atoms with Gasteiger partial charge in [-0.2, -0.15) is 5.26 Å². The highest BCUT2D eigenvalue weighted by atomic mass is 32.1. The lowest BCUT2D eigenvalue weighted by Crippen LogP contribution is -2.36. The van der Waals surface area contributed by atoms with Crippen LogP contribution in [0, 0.1) is 23.0 Å². The van der Waals surface area contributed by atoms with Crippen LogP contribution >= 0.6 is 11.3 Å². The van der Waals surface area contributed by atoms with E-state index in [1.165, 1.54) is 6.20 Å². The number of rotatable bonds is 4. The number of carbonyl (C=O) groups is 1. The Morgan fingerprint density at radius 2 is 1.95 bits per heavy atom. The van der Waals surface area contributed by atoms with E-state index in [0.717, 1.165) is 17.5 Å². The largest absolute Gasteiger partial charge is 0.444 e. The number of amides is 1. The number of halogens is 3. The summed E-state index contributed by atoms with van der Waals surface area (Å²) >= 11 is 0.828. The van der Waals surface area contributed by atoms with Crippen LogP contribution < -0.4 is 10.2 Å². The lowest BCUT2D eigenvalue weighted by Gasteiger charge is -2.21. The molecule has 2 aliphatic heterocycles. The van der Waals surface area contributed by atoms with Crippen molar-refractivity contribution < 1.29 is 27.4 Å². The van der Waals surface area contributed by atoms with Gasteiger partial charge in [-0.15, -0.1) is 11.3 Å². The van der Waals surface area contributed by atoms with Crippen LogP contribution in [0.2, 0.25) is 0 Å². The van der Waals surface area contributed by atoms with Crippen LogP contribution in [-0.4, -0.2) is 70.9 Å². The number of nitrogens with one attached hydrogen (secondary N) is 1. The second kappa shape index (κ2) is 10.6. The highest BCUT2D eigenvalue weighted by Crippen LogP contribution is 2.46. The summed E-state index contributed by atoms with van der Waals surface area (Å²) in [6.45, 7) is 5.65. The van der Waals surface area contributed by atoms with E-state index in [-0.39, 0.29) is 69.2 Å². The Bertz CT molecular complexity index is 1830. The fraction of sp³-hybridized carbons (Fsp3) is 0.414. The molecule has 4 aromatic rings. The van der Waals surface area contributed by atoms with Gasteiger partial charge >= 0.3 is 6.09 Å². The number of fused-ring (bicyclic) bond motifs is 4. The number of nitriles is 1. The molecule has 6 rings (SSSR count). The number of pyridine rings is 1. The molecule has 0 spiro atoms. The van der Waals surface area contributed by atoms with E-state index in [2.05, 4.69) is 20.3 Å². The Balaban J connectivity index is 1.53. The number of anilines is 2. The molecule has 0 saturated carbocycles. The van der Waals surface area contributed by atoms with Crippen LogP contribution in [0.25, 0.3) is 32.2 Å². The van der Waals surface area contributed by atoms with Gasteiger partial charge in [0.15, 0.2) is 11.6 Å². The normalized spacial score (nSPS) is 18.5. The maximum Gasteiger partial charge on any atom is 0.412 e. The first kappa shape index (κ1) is 29.0. The summed E-state index contributed by atoms with van der Waals surface area (Å²) in [6, 6.07) is 1.66. The predicted molar refractivity (Wildman–Crippen MR) is 156 cm³/mol. The minimum atomic E-state index is -1.13. The number of benzene rings is 1. The van der Waals surface area contributed by atoms with E-state index >= 15 is 8.78 Å². The number of thiophene rings is 1. The standard InChI is InChI=1S/C29H28F3N7O3S/c1-29(2,3)42-28(40)37-26-13(6-33)21-24(34-8-17(30)25(21)43-26)20-16-12-41-11-15(16)14-7-35-27(36-23(14)22(20)32)39-9-18(31)19(10-39)38(4)5/h7-8,18-19H,9-12H2,1-5H3,(H,37,40)/t18-,19+/m0/s1. The predicted octanol–water partition coefficient (Wildman–Crippen LogP) is 5.52. The average molecular weight is 612 g/mol. The number of likely N-dealkylation sites (N-methyl/N-ethyl adjacent to an activating group) is 1. The second-order valence-corrected chi connectivity index (χ2v) is 12.7. The second-order valence-electron chi connectivity index (χ2n) is 11.7. The minimum absolute atomic E-state index is 0.0143. The van der Waals surface area contributed by atoms with Gasteiger partial charge in [-0.05, 0) is 46.0 Å². The van der Waals surface area contributed by atoms with Gasteiger partial charge in [-0.3, -0.25) is 10.3 Å². The molecule has 43 heavy (non-hydrogen) atoms. The first-order valence-corrected chi connectivity index (χ1v) is 14.3. The van der Waals surface area contributed by atoms with Crippen molar-refractivity contribution in [3.63, 3.8) is 0 Å². The summed E-state index contributed by atoms with van der Waals surface area (Å²) in [5, 5.41) is 13.2. The van der Waals surface area contributed by atoms with Crippen molar-refractivity contribution in [3.8, 4) is 17.3 Å².